The highest BCUT2D eigenvalue weighted by Crippen LogP contribution is 2.17. The number of hydrogen-bond donors (Lipinski definition) is 1. The molecular weight excluding hydrogens is 271 g/mol. The fraction of sp³-hybridized carbons (Fsp3) is 0.333. The summed E-state index contributed by atoms with van der Waals surface area (Å²) in [5.41, 5.74) is 1.67. The minimum Gasteiger partial charge on any atom is -0.351 e. The van der Waals surface area contributed by atoms with E-state index in [1.807, 2.05) is 24.1 Å². The Balaban J connectivity index is 1.70. The largest absolute Gasteiger partial charge is 0.351 e. The number of nitrogens with zero attached hydrogens (tertiary/aromatic N) is 3. The van der Waals surface area contributed by atoms with Crippen molar-refractivity contribution in [3.05, 3.63) is 42.3 Å². The number of hydrogen-bond acceptors (Lipinski definition) is 3. The smallest absolute Gasteiger partial charge is 0.234 e. The van der Waals surface area contributed by atoms with E-state index < -0.39 is 0 Å². The Labute approximate surface area is 122 Å². The Morgan fingerprint density at radius 3 is 2.81 bits per heavy atom. The molecule has 0 spiro atoms. The molecule has 0 bridgehead atoms. The van der Waals surface area contributed by atoms with Crippen LogP contribution in [0.2, 0.25) is 0 Å². The molecule has 1 N–H and O–H groups in total. The minimum atomic E-state index is -0.258. The van der Waals surface area contributed by atoms with E-state index >= 15 is 0 Å². The van der Waals surface area contributed by atoms with Gasteiger partial charge in [0.15, 0.2) is 0 Å². The lowest BCUT2D eigenvalue weighted by atomic mass is 10.1. The summed E-state index contributed by atoms with van der Waals surface area (Å²) in [6.45, 7) is 3.74. The first-order valence-electron chi connectivity index (χ1n) is 6.91. The van der Waals surface area contributed by atoms with Gasteiger partial charge >= 0.3 is 0 Å². The van der Waals surface area contributed by atoms with Crippen LogP contribution < -0.4 is 5.32 Å². The van der Waals surface area contributed by atoms with Gasteiger partial charge < -0.3 is 5.32 Å². The first-order chi connectivity index (χ1) is 10.1. The van der Waals surface area contributed by atoms with Gasteiger partial charge in [-0.05, 0) is 37.3 Å². The Morgan fingerprint density at radius 1 is 1.33 bits per heavy atom. The van der Waals surface area contributed by atoms with Crippen molar-refractivity contribution in [2.24, 2.45) is 0 Å². The van der Waals surface area contributed by atoms with Gasteiger partial charge in [-0.15, -0.1) is 0 Å². The topological polar surface area (TPSA) is 50.2 Å². The first kappa shape index (κ1) is 13.8. The number of carbonyl (C=O) groups excluding carboxylic acids is 1. The second-order valence-corrected chi connectivity index (χ2v) is 5.37. The number of rotatable bonds is 3. The zero-order valence-corrected chi connectivity index (χ0v) is 11.8. The number of piperazine rings is 1. The van der Waals surface area contributed by atoms with E-state index in [-0.39, 0.29) is 17.8 Å². The molecule has 1 aromatic heterocycles. The van der Waals surface area contributed by atoms with E-state index in [1.165, 1.54) is 12.1 Å². The van der Waals surface area contributed by atoms with Crippen molar-refractivity contribution in [2.75, 3.05) is 13.1 Å². The Hall–Kier alpha value is -2.21. The predicted molar refractivity (Wildman–Crippen MR) is 76.8 cm³/mol. The van der Waals surface area contributed by atoms with Crippen molar-refractivity contribution in [1.29, 1.82) is 0 Å². The minimum absolute atomic E-state index is 0.0414. The predicted octanol–water partition coefficient (Wildman–Crippen LogP) is 1.47. The Kier molecular flexibility index (Phi) is 3.70. The maximum atomic E-state index is 12.9. The maximum Gasteiger partial charge on any atom is 0.234 e. The average Bonchev–Trinajstić information content (AvgIpc) is 2.87. The van der Waals surface area contributed by atoms with E-state index in [1.54, 1.807) is 16.8 Å². The number of halogens is 1. The number of carbonyl (C=O) groups is 1. The quantitative estimate of drug-likeness (QED) is 0.930. The van der Waals surface area contributed by atoms with E-state index in [2.05, 4.69) is 10.4 Å². The van der Waals surface area contributed by atoms with Crippen molar-refractivity contribution >= 4 is 5.91 Å². The van der Waals surface area contributed by atoms with Gasteiger partial charge in [0.05, 0.1) is 18.9 Å². The molecule has 1 aromatic carbocycles. The van der Waals surface area contributed by atoms with Crippen LogP contribution in [0.1, 0.15) is 6.92 Å². The van der Waals surface area contributed by atoms with Crippen LogP contribution in [0, 0.1) is 5.82 Å². The summed E-state index contributed by atoms with van der Waals surface area (Å²) in [7, 11) is 0. The molecule has 2 aromatic rings. The molecule has 1 unspecified atom stereocenters. The third kappa shape index (κ3) is 3.28. The Bertz CT molecular complexity index is 637. The van der Waals surface area contributed by atoms with Crippen molar-refractivity contribution in [3.63, 3.8) is 0 Å². The zero-order chi connectivity index (χ0) is 14.8. The molecule has 21 heavy (non-hydrogen) atoms. The number of amides is 1. The number of nitrogens with one attached hydrogen (secondary N) is 1. The van der Waals surface area contributed by atoms with Crippen LogP contribution in [0.5, 0.6) is 0 Å². The molecule has 0 saturated carbocycles. The lowest BCUT2D eigenvalue weighted by Gasteiger charge is -2.30. The second kappa shape index (κ2) is 5.65. The van der Waals surface area contributed by atoms with Gasteiger partial charge in [0.2, 0.25) is 5.91 Å². The molecule has 1 aliphatic rings. The van der Waals surface area contributed by atoms with Gasteiger partial charge in [0, 0.05) is 24.3 Å². The molecule has 1 amide bonds. The van der Waals surface area contributed by atoms with Crippen molar-refractivity contribution < 1.29 is 9.18 Å². The van der Waals surface area contributed by atoms with Crippen LogP contribution in [0.3, 0.4) is 0 Å². The van der Waals surface area contributed by atoms with E-state index in [4.69, 9.17) is 0 Å². The molecule has 0 aliphatic carbocycles. The molecule has 3 rings (SSSR count). The van der Waals surface area contributed by atoms with Gasteiger partial charge in [-0.25, -0.2) is 4.39 Å². The first-order valence-corrected chi connectivity index (χ1v) is 6.91. The van der Waals surface area contributed by atoms with E-state index in [0.29, 0.717) is 13.2 Å². The van der Waals surface area contributed by atoms with Crippen molar-refractivity contribution in [1.82, 2.24) is 20.0 Å². The van der Waals surface area contributed by atoms with Gasteiger partial charge in [-0.2, -0.15) is 5.10 Å². The van der Waals surface area contributed by atoms with Gasteiger partial charge in [0.1, 0.15) is 5.82 Å². The molecule has 0 radical (unpaired) electrons. The third-order valence-electron chi connectivity index (χ3n) is 3.43. The molecule has 6 heteroatoms. The monoisotopic (exact) mass is 288 g/mol. The van der Waals surface area contributed by atoms with Gasteiger partial charge in [0.25, 0.3) is 0 Å². The number of benzene rings is 1. The summed E-state index contributed by atoms with van der Waals surface area (Å²) in [4.78, 5) is 13.6. The molecule has 5 nitrogen and oxygen atoms in total. The fourth-order valence-electron chi connectivity index (χ4n) is 2.55. The second-order valence-electron chi connectivity index (χ2n) is 5.37. The van der Waals surface area contributed by atoms with Crippen LogP contribution in [0.15, 0.2) is 36.5 Å². The van der Waals surface area contributed by atoms with E-state index in [9.17, 15) is 9.18 Å². The molecule has 110 valence electrons. The average molecular weight is 288 g/mol. The van der Waals surface area contributed by atoms with Crippen LogP contribution in [-0.2, 0) is 11.5 Å². The van der Waals surface area contributed by atoms with E-state index in [0.717, 1.165) is 17.8 Å². The summed E-state index contributed by atoms with van der Waals surface area (Å²) in [6, 6.07) is 8.30. The van der Waals surface area contributed by atoms with Gasteiger partial charge in [-0.3, -0.25) is 14.4 Å². The lowest BCUT2D eigenvalue weighted by molar-refractivity contribution is -0.126. The summed E-state index contributed by atoms with van der Waals surface area (Å²) < 4.78 is 14.7. The van der Waals surface area contributed by atoms with Crippen molar-refractivity contribution in [3.8, 4) is 11.3 Å². The van der Waals surface area contributed by atoms with Crippen LogP contribution in [0.4, 0.5) is 4.39 Å². The normalized spacial score (nSPS) is 19.5. The maximum absolute atomic E-state index is 12.9. The molecule has 1 atom stereocenters. The fourth-order valence-corrected chi connectivity index (χ4v) is 2.55. The standard InChI is InChI=1S/C15H17FN4O/c1-11-8-19(9-15(21)17-11)10-20-7-6-14(18-20)12-2-4-13(16)5-3-12/h2-7,11H,8-10H2,1H3,(H,17,21). The Morgan fingerprint density at radius 2 is 2.10 bits per heavy atom. The summed E-state index contributed by atoms with van der Waals surface area (Å²) in [6.07, 6.45) is 1.87. The molecule has 1 aliphatic heterocycles. The highest BCUT2D eigenvalue weighted by molar-refractivity contribution is 5.79. The highest BCUT2D eigenvalue weighted by Gasteiger charge is 2.21. The van der Waals surface area contributed by atoms with Gasteiger partial charge in [-0.1, -0.05) is 0 Å². The molecule has 1 fully saturated rings. The zero-order valence-electron chi connectivity index (χ0n) is 11.8. The highest BCUT2D eigenvalue weighted by atomic mass is 19.1. The van der Waals surface area contributed by atoms with Crippen LogP contribution >= 0.6 is 0 Å². The third-order valence-corrected chi connectivity index (χ3v) is 3.43. The van der Waals surface area contributed by atoms with Crippen LogP contribution in [0.25, 0.3) is 11.3 Å². The summed E-state index contributed by atoms with van der Waals surface area (Å²) >= 11 is 0. The molecule has 1 saturated heterocycles. The molecule has 2 heterocycles. The molecular formula is C15H17FN4O. The van der Waals surface area contributed by atoms with Crippen LogP contribution in [-0.4, -0.2) is 39.7 Å². The SMILES string of the molecule is CC1CN(Cn2ccc(-c3ccc(F)cc3)n2)CC(=O)N1. The van der Waals surface area contributed by atoms with Crippen molar-refractivity contribution in [2.45, 2.75) is 19.6 Å². The summed E-state index contributed by atoms with van der Waals surface area (Å²) in [5.74, 6) is -0.217. The summed E-state index contributed by atoms with van der Waals surface area (Å²) in [5, 5.41) is 7.36. The lowest BCUT2D eigenvalue weighted by Crippen LogP contribution is -2.53. The number of aromatic nitrogens is 2.